The van der Waals surface area contributed by atoms with Crippen molar-refractivity contribution in [2.45, 2.75) is 24.7 Å². The number of aliphatic carboxylic acids is 1. The number of carbonyl (C=O) groups is 1. The number of carboxylic acid groups (broad SMARTS) is 1. The molecule has 0 unspecified atom stereocenters. The molecular formula is C11H9Cl2FO2. The minimum Gasteiger partial charge on any atom is -0.481 e. The summed E-state index contributed by atoms with van der Waals surface area (Å²) in [5.41, 5.74) is -1.16. The minimum atomic E-state index is -1.19. The van der Waals surface area contributed by atoms with Crippen molar-refractivity contribution in [3.63, 3.8) is 0 Å². The van der Waals surface area contributed by atoms with Crippen molar-refractivity contribution in [1.82, 2.24) is 0 Å². The van der Waals surface area contributed by atoms with E-state index in [0.717, 1.165) is 6.42 Å². The molecule has 1 aliphatic carbocycles. The summed E-state index contributed by atoms with van der Waals surface area (Å²) in [6.07, 6.45) is 1.56. The highest BCUT2D eigenvalue weighted by atomic mass is 35.5. The Morgan fingerprint density at radius 1 is 1.31 bits per heavy atom. The van der Waals surface area contributed by atoms with Crippen LogP contribution in [0.2, 0.25) is 10.0 Å². The van der Waals surface area contributed by atoms with Crippen molar-refractivity contribution in [2.24, 2.45) is 0 Å². The van der Waals surface area contributed by atoms with Crippen LogP contribution < -0.4 is 0 Å². The van der Waals surface area contributed by atoms with E-state index in [2.05, 4.69) is 0 Å². The van der Waals surface area contributed by atoms with Crippen LogP contribution in [-0.2, 0) is 10.2 Å². The van der Waals surface area contributed by atoms with Gasteiger partial charge >= 0.3 is 5.97 Å². The maximum atomic E-state index is 13.9. The molecule has 16 heavy (non-hydrogen) atoms. The second kappa shape index (κ2) is 3.90. The van der Waals surface area contributed by atoms with Crippen LogP contribution in [-0.4, -0.2) is 11.1 Å². The number of hydrogen-bond acceptors (Lipinski definition) is 1. The molecule has 0 radical (unpaired) electrons. The number of hydrogen-bond donors (Lipinski definition) is 1. The van der Waals surface area contributed by atoms with Crippen molar-refractivity contribution in [2.75, 3.05) is 0 Å². The van der Waals surface area contributed by atoms with Gasteiger partial charge in [0.25, 0.3) is 0 Å². The van der Waals surface area contributed by atoms with Gasteiger partial charge in [0.1, 0.15) is 5.82 Å². The molecular weight excluding hydrogens is 254 g/mol. The Labute approximate surface area is 102 Å². The smallest absolute Gasteiger partial charge is 0.314 e. The third-order valence-electron chi connectivity index (χ3n) is 3.14. The molecule has 1 aromatic carbocycles. The Morgan fingerprint density at radius 2 is 1.88 bits per heavy atom. The lowest BCUT2D eigenvalue weighted by atomic mass is 9.64. The lowest BCUT2D eigenvalue weighted by molar-refractivity contribution is -0.147. The van der Waals surface area contributed by atoms with E-state index in [4.69, 9.17) is 23.2 Å². The molecule has 5 heteroatoms. The zero-order valence-electron chi connectivity index (χ0n) is 8.27. The normalized spacial score (nSPS) is 17.9. The lowest BCUT2D eigenvalue weighted by Crippen LogP contribution is -2.43. The molecule has 1 saturated carbocycles. The van der Waals surface area contributed by atoms with Gasteiger partial charge in [0, 0.05) is 10.6 Å². The molecule has 2 rings (SSSR count). The van der Waals surface area contributed by atoms with E-state index in [0.29, 0.717) is 12.8 Å². The molecule has 1 aromatic rings. The first-order valence-electron chi connectivity index (χ1n) is 4.86. The number of benzene rings is 1. The standard InChI is InChI=1S/C11H9Cl2FO2/c12-6-2-3-7(13)9(14)8(6)11(10(15)16)4-1-5-11/h2-3H,1,4-5H2,(H,15,16). The highest BCUT2D eigenvalue weighted by molar-refractivity contribution is 6.34. The van der Waals surface area contributed by atoms with Crippen LogP contribution in [0.15, 0.2) is 12.1 Å². The summed E-state index contributed by atoms with van der Waals surface area (Å²) >= 11 is 11.5. The summed E-state index contributed by atoms with van der Waals surface area (Å²) in [5, 5.41) is 9.25. The van der Waals surface area contributed by atoms with E-state index in [1.807, 2.05) is 0 Å². The average Bonchev–Trinajstić information content (AvgIpc) is 2.15. The van der Waals surface area contributed by atoms with Crippen LogP contribution in [0, 0.1) is 5.82 Å². The van der Waals surface area contributed by atoms with Gasteiger partial charge < -0.3 is 5.11 Å². The Hall–Kier alpha value is -0.800. The Morgan fingerprint density at radius 3 is 2.31 bits per heavy atom. The molecule has 0 saturated heterocycles. The van der Waals surface area contributed by atoms with Crippen molar-refractivity contribution in [1.29, 1.82) is 0 Å². The van der Waals surface area contributed by atoms with Gasteiger partial charge in [-0.3, -0.25) is 4.79 Å². The van der Waals surface area contributed by atoms with Gasteiger partial charge in [0.2, 0.25) is 0 Å². The fourth-order valence-corrected chi connectivity index (χ4v) is 2.55. The minimum absolute atomic E-state index is 0.0282. The van der Waals surface area contributed by atoms with E-state index in [9.17, 15) is 14.3 Å². The van der Waals surface area contributed by atoms with Crippen molar-refractivity contribution < 1.29 is 14.3 Å². The topological polar surface area (TPSA) is 37.3 Å². The fraction of sp³-hybridized carbons (Fsp3) is 0.364. The third-order valence-corrected chi connectivity index (χ3v) is 3.75. The monoisotopic (exact) mass is 262 g/mol. The first-order valence-corrected chi connectivity index (χ1v) is 5.62. The van der Waals surface area contributed by atoms with Gasteiger partial charge in [-0.15, -0.1) is 0 Å². The largest absolute Gasteiger partial charge is 0.481 e. The number of halogens is 3. The van der Waals surface area contributed by atoms with Crippen LogP contribution in [0.3, 0.4) is 0 Å². The molecule has 0 amide bonds. The maximum absolute atomic E-state index is 13.9. The maximum Gasteiger partial charge on any atom is 0.314 e. The first kappa shape index (κ1) is 11.7. The molecule has 0 spiro atoms. The van der Waals surface area contributed by atoms with E-state index in [1.54, 1.807) is 0 Å². The summed E-state index contributed by atoms with van der Waals surface area (Å²) in [6.45, 7) is 0. The van der Waals surface area contributed by atoms with Crippen LogP contribution in [0.4, 0.5) is 4.39 Å². The van der Waals surface area contributed by atoms with Crippen LogP contribution in [0.25, 0.3) is 0 Å². The summed E-state index contributed by atoms with van der Waals surface area (Å²) in [4.78, 5) is 11.3. The Bertz CT molecular complexity index is 456. The molecule has 0 heterocycles. The van der Waals surface area contributed by atoms with Crippen LogP contribution >= 0.6 is 23.2 Å². The predicted octanol–water partition coefficient (Wildman–Crippen LogP) is 3.64. The Kier molecular flexibility index (Phi) is 2.84. The van der Waals surface area contributed by atoms with Gasteiger partial charge in [-0.05, 0) is 25.0 Å². The van der Waals surface area contributed by atoms with Crippen molar-refractivity contribution >= 4 is 29.2 Å². The van der Waals surface area contributed by atoms with Crippen molar-refractivity contribution in [3.8, 4) is 0 Å². The van der Waals surface area contributed by atoms with Crippen molar-refractivity contribution in [3.05, 3.63) is 33.6 Å². The van der Waals surface area contributed by atoms with E-state index >= 15 is 0 Å². The summed E-state index contributed by atoms with van der Waals surface area (Å²) < 4.78 is 13.9. The zero-order valence-corrected chi connectivity index (χ0v) is 9.78. The fourth-order valence-electron chi connectivity index (χ4n) is 2.07. The molecule has 0 bridgehead atoms. The molecule has 0 aromatic heterocycles. The predicted molar refractivity (Wildman–Crippen MR) is 59.6 cm³/mol. The molecule has 0 aliphatic heterocycles. The number of carboxylic acids is 1. The second-order valence-electron chi connectivity index (χ2n) is 3.96. The summed E-state index contributed by atoms with van der Waals surface area (Å²) in [6, 6.07) is 2.77. The lowest BCUT2D eigenvalue weighted by Gasteiger charge is -2.38. The molecule has 86 valence electrons. The van der Waals surface area contributed by atoms with E-state index in [-0.39, 0.29) is 15.6 Å². The third kappa shape index (κ3) is 1.50. The van der Waals surface area contributed by atoms with Crippen LogP contribution in [0.1, 0.15) is 24.8 Å². The quantitative estimate of drug-likeness (QED) is 0.827. The van der Waals surface area contributed by atoms with Crippen LogP contribution in [0.5, 0.6) is 0 Å². The highest BCUT2D eigenvalue weighted by Gasteiger charge is 2.49. The second-order valence-corrected chi connectivity index (χ2v) is 4.77. The molecule has 0 atom stereocenters. The molecule has 1 N–H and O–H groups in total. The molecule has 1 aliphatic rings. The Balaban J connectivity index is 2.63. The zero-order chi connectivity index (χ0) is 11.9. The van der Waals surface area contributed by atoms with E-state index in [1.165, 1.54) is 12.1 Å². The van der Waals surface area contributed by atoms with Gasteiger partial charge in [0.15, 0.2) is 0 Å². The van der Waals surface area contributed by atoms with Gasteiger partial charge in [-0.25, -0.2) is 4.39 Å². The number of rotatable bonds is 2. The summed E-state index contributed by atoms with van der Waals surface area (Å²) in [7, 11) is 0. The van der Waals surface area contributed by atoms with Gasteiger partial charge in [-0.1, -0.05) is 29.6 Å². The van der Waals surface area contributed by atoms with Gasteiger partial charge in [-0.2, -0.15) is 0 Å². The molecule has 1 fully saturated rings. The van der Waals surface area contributed by atoms with E-state index < -0.39 is 17.2 Å². The highest BCUT2D eigenvalue weighted by Crippen LogP contribution is 2.48. The molecule has 2 nitrogen and oxygen atoms in total. The summed E-state index contributed by atoms with van der Waals surface area (Å²) in [5.74, 6) is -1.75. The van der Waals surface area contributed by atoms with Gasteiger partial charge in [0.05, 0.1) is 10.4 Å². The average molecular weight is 263 g/mol. The SMILES string of the molecule is O=C(O)C1(c2c(Cl)ccc(Cl)c2F)CCC1. The first-order chi connectivity index (χ1) is 7.49.